The van der Waals surface area contributed by atoms with E-state index < -0.39 is 11.1 Å². The summed E-state index contributed by atoms with van der Waals surface area (Å²) in [5.41, 5.74) is -0.387. The Hall–Kier alpha value is -2.73. The quantitative estimate of drug-likeness (QED) is 0.657. The minimum atomic E-state index is -1.46. The molecule has 4 atom stereocenters. The molecule has 6 heteroatoms. The molecule has 138 valence electrons. The second kappa shape index (κ2) is 5.39. The Bertz CT molecular complexity index is 947. The molecule has 3 heterocycles. The maximum atomic E-state index is 13.4. The van der Waals surface area contributed by atoms with E-state index in [0.717, 1.165) is 24.0 Å². The summed E-state index contributed by atoms with van der Waals surface area (Å²) in [6.07, 6.45) is 1.80. The number of nitrogens with one attached hydrogen (secondary N) is 1. The van der Waals surface area contributed by atoms with Crippen molar-refractivity contribution in [3.8, 4) is 0 Å². The molecular weight excluding hydrogens is 342 g/mol. The smallest absolute Gasteiger partial charge is 0.259 e. The molecule has 0 radical (unpaired) electrons. The predicted octanol–water partition coefficient (Wildman–Crippen LogP) is 3.13. The molecule has 3 aliphatic heterocycles. The highest BCUT2D eigenvalue weighted by Gasteiger charge is 2.80. The Kier molecular flexibility index (Phi) is 3.28. The molecule has 2 aromatic carbocycles. The standard InChI is InChI=1S/C21H21N3O3/c1-20(24(26)27)18(14-8-3-2-4-9-14)17-12-7-13-23(17)21(20)15-10-5-6-11-16(15)22-19(21)25/h2-6,8-11,17-18H,7,12-13H2,1H3,(H,22,25)/t17-,18-,20+,21-/m1/s1. The Morgan fingerprint density at radius 1 is 1.15 bits per heavy atom. The third-order valence-electron chi connectivity index (χ3n) is 6.88. The Balaban J connectivity index is 1.84. The summed E-state index contributed by atoms with van der Waals surface area (Å²) >= 11 is 0. The van der Waals surface area contributed by atoms with Crippen molar-refractivity contribution in [1.29, 1.82) is 0 Å². The number of carbonyl (C=O) groups is 1. The van der Waals surface area contributed by atoms with Crippen molar-refractivity contribution in [2.24, 2.45) is 0 Å². The Labute approximate surface area is 157 Å². The number of nitrogens with zero attached hydrogens (tertiary/aromatic N) is 2. The van der Waals surface area contributed by atoms with E-state index in [1.54, 1.807) is 6.92 Å². The molecule has 0 aliphatic carbocycles. The van der Waals surface area contributed by atoms with E-state index in [1.807, 2.05) is 54.6 Å². The molecule has 0 unspecified atom stereocenters. The third kappa shape index (κ3) is 1.76. The van der Waals surface area contributed by atoms with Gasteiger partial charge < -0.3 is 5.32 Å². The van der Waals surface area contributed by atoms with Gasteiger partial charge in [0.25, 0.3) is 11.4 Å². The van der Waals surface area contributed by atoms with Gasteiger partial charge in [-0.05, 0) is 24.5 Å². The summed E-state index contributed by atoms with van der Waals surface area (Å²) in [4.78, 5) is 28.0. The summed E-state index contributed by atoms with van der Waals surface area (Å²) in [6, 6.07) is 17.1. The van der Waals surface area contributed by atoms with Gasteiger partial charge in [0.1, 0.15) is 0 Å². The fourth-order valence-electron chi connectivity index (χ4n) is 5.93. The number of anilines is 1. The predicted molar refractivity (Wildman–Crippen MR) is 101 cm³/mol. The number of hydrogen-bond donors (Lipinski definition) is 1. The zero-order valence-electron chi connectivity index (χ0n) is 15.1. The second-order valence-electron chi connectivity index (χ2n) is 7.91. The lowest BCUT2D eigenvalue weighted by Crippen LogP contribution is -2.62. The van der Waals surface area contributed by atoms with Crippen molar-refractivity contribution in [3.63, 3.8) is 0 Å². The third-order valence-corrected chi connectivity index (χ3v) is 6.88. The van der Waals surface area contributed by atoms with Gasteiger partial charge in [0.05, 0.1) is 5.92 Å². The molecule has 5 rings (SSSR count). The van der Waals surface area contributed by atoms with Crippen molar-refractivity contribution in [2.75, 3.05) is 11.9 Å². The van der Waals surface area contributed by atoms with E-state index in [1.165, 1.54) is 0 Å². The lowest BCUT2D eigenvalue weighted by Gasteiger charge is -2.38. The normalized spacial score (nSPS) is 34.5. The first-order valence-corrected chi connectivity index (χ1v) is 9.40. The van der Waals surface area contributed by atoms with Crippen LogP contribution in [0, 0.1) is 10.1 Å². The minimum absolute atomic E-state index is 0.0280. The first-order valence-electron chi connectivity index (χ1n) is 9.40. The SMILES string of the molecule is C[C@]1([N+](=O)[O-])[C@H](c2ccccc2)[C@H]2CCCN2[C@]12C(=O)Nc1ccccc12. The zero-order chi connectivity index (χ0) is 18.8. The number of benzene rings is 2. The molecule has 1 N–H and O–H groups in total. The molecule has 6 nitrogen and oxygen atoms in total. The van der Waals surface area contributed by atoms with E-state index >= 15 is 0 Å². The minimum Gasteiger partial charge on any atom is -0.324 e. The van der Waals surface area contributed by atoms with Crippen LogP contribution < -0.4 is 5.32 Å². The molecule has 3 aliphatic rings. The Morgan fingerprint density at radius 3 is 2.59 bits per heavy atom. The second-order valence-corrected chi connectivity index (χ2v) is 7.91. The zero-order valence-corrected chi connectivity index (χ0v) is 15.1. The monoisotopic (exact) mass is 363 g/mol. The van der Waals surface area contributed by atoms with Gasteiger partial charge >= 0.3 is 0 Å². The van der Waals surface area contributed by atoms with Gasteiger partial charge in [-0.15, -0.1) is 0 Å². The van der Waals surface area contributed by atoms with E-state index in [2.05, 4.69) is 10.2 Å². The highest BCUT2D eigenvalue weighted by atomic mass is 16.6. The molecule has 1 amide bonds. The lowest BCUT2D eigenvalue weighted by molar-refractivity contribution is -0.579. The summed E-state index contributed by atoms with van der Waals surface area (Å²) in [5.74, 6) is -0.624. The number of nitro groups is 1. The lowest BCUT2D eigenvalue weighted by atomic mass is 9.67. The molecule has 2 aromatic rings. The Morgan fingerprint density at radius 2 is 1.85 bits per heavy atom. The first-order chi connectivity index (χ1) is 13.0. The fourth-order valence-corrected chi connectivity index (χ4v) is 5.93. The number of amides is 1. The van der Waals surface area contributed by atoms with Crippen LogP contribution >= 0.6 is 0 Å². The number of fused-ring (bicyclic) bond motifs is 4. The van der Waals surface area contributed by atoms with E-state index in [9.17, 15) is 14.9 Å². The molecule has 0 saturated carbocycles. The molecule has 27 heavy (non-hydrogen) atoms. The van der Waals surface area contributed by atoms with Crippen LogP contribution in [0.5, 0.6) is 0 Å². The summed E-state index contributed by atoms with van der Waals surface area (Å²) in [6.45, 7) is 2.36. The van der Waals surface area contributed by atoms with Crippen LogP contribution in [0.2, 0.25) is 0 Å². The van der Waals surface area contributed by atoms with Crippen molar-refractivity contribution >= 4 is 11.6 Å². The highest BCUT2D eigenvalue weighted by Crippen LogP contribution is 2.63. The van der Waals surface area contributed by atoms with Gasteiger partial charge in [0.2, 0.25) is 0 Å². The molecule has 0 bridgehead atoms. The van der Waals surface area contributed by atoms with Gasteiger partial charge in [-0.2, -0.15) is 0 Å². The van der Waals surface area contributed by atoms with Crippen LogP contribution in [-0.2, 0) is 10.3 Å². The topological polar surface area (TPSA) is 75.5 Å². The number of para-hydroxylation sites is 1. The van der Waals surface area contributed by atoms with Crippen molar-refractivity contribution in [3.05, 3.63) is 75.8 Å². The number of carbonyl (C=O) groups excluding carboxylic acids is 1. The van der Waals surface area contributed by atoms with Gasteiger partial charge in [0, 0.05) is 35.7 Å². The van der Waals surface area contributed by atoms with Crippen LogP contribution in [0.15, 0.2) is 54.6 Å². The van der Waals surface area contributed by atoms with Crippen molar-refractivity contribution in [1.82, 2.24) is 4.90 Å². The molecule has 2 saturated heterocycles. The molecule has 0 aromatic heterocycles. The first kappa shape index (κ1) is 16.4. The van der Waals surface area contributed by atoms with Crippen LogP contribution in [0.25, 0.3) is 0 Å². The summed E-state index contributed by atoms with van der Waals surface area (Å²) in [7, 11) is 0. The molecular formula is C21H21N3O3. The van der Waals surface area contributed by atoms with Crippen LogP contribution in [0.3, 0.4) is 0 Å². The van der Waals surface area contributed by atoms with Crippen LogP contribution in [0.1, 0.15) is 36.8 Å². The fraction of sp³-hybridized carbons (Fsp3) is 0.381. The van der Waals surface area contributed by atoms with Gasteiger partial charge in [0.15, 0.2) is 5.54 Å². The maximum absolute atomic E-state index is 13.4. The van der Waals surface area contributed by atoms with E-state index in [4.69, 9.17) is 0 Å². The summed E-state index contributed by atoms with van der Waals surface area (Å²) < 4.78 is 0. The van der Waals surface area contributed by atoms with Crippen LogP contribution in [-0.4, -0.2) is 33.9 Å². The molecule has 2 fully saturated rings. The van der Waals surface area contributed by atoms with Crippen LogP contribution in [0.4, 0.5) is 5.69 Å². The maximum Gasteiger partial charge on any atom is 0.259 e. The average Bonchev–Trinajstić information content (AvgIpc) is 3.30. The van der Waals surface area contributed by atoms with Gasteiger partial charge in [-0.3, -0.25) is 19.8 Å². The summed E-state index contributed by atoms with van der Waals surface area (Å²) in [5, 5.41) is 15.6. The van der Waals surface area contributed by atoms with E-state index in [0.29, 0.717) is 12.2 Å². The van der Waals surface area contributed by atoms with Gasteiger partial charge in [-0.1, -0.05) is 48.5 Å². The van der Waals surface area contributed by atoms with Crippen molar-refractivity contribution in [2.45, 2.75) is 42.8 Å². The largest absolute Gasteiger partial charge is 0.324 e. The number of hydrogen-bond acceptors (Lipinski definition) is 4. The molecule has 1 spiro atoms. The highest BCUT2D eigenvalue weighted by molar-refractivity contribution is 6.07. The van der Waals surface area contributed by atoms with Gasteiger partial charge in [-0.25, -0.2) is 0 Å². The average molecular weight is 363 g/mol. The number of rotatable bonds is 2. The van der Waals surface area contributed by atoms with Crippen molar-refractivity contribution < 1.29 is 9.72 Å². The van der Waals surface area contributed by atoms with E-state index in [-0.39, 0.29) is 22.8 Å².